The molecule has 2 aromatic rings. The van der Waals surface area contributed by atoms with E-state index in [1.54, 1.807) is 24.3 Å². The van der Waals surface area contributed by atoms with E-state index in [1.807, 2.05) is 18.2 Å². The minimum Gasteiger partial charge on any atom is -0.508 e. The second-order valence-corrected chi connectivity index (χ2v) is 5.52. The van der Waals surface area contributed by atoms with Gasteiger partial charge in [-0.1, -0.05) is 32.9 Å². The molecule has 0 radical (unpaired) electrons. The predicted molar refractivity (Wildman–Crippen MR) is 77.4 cm³/mol. The average Bonchev–Trinajstić information content (AvgIpc) is 2.37. The maximum Gasteiger partial charge on any atom is 0.115 e. The second-order valence-electron chi connectivity index (χ2n) is 5.52. The van der Waals surface area contributed by atoms with Crippen molar-refractivity contribution in [2.45, 2.75) is 26.2 Å². The molecule has 98 valence electrons. The minimum atomic E-state index is 0.101. The standard InChI is InChI=1S/C16H18N2O/c1-16(2,3)12-5-4-6-14(11-12)18-17-13-7-9-15(19)10-8-13/h4-11,19H,1-3H3. The summed E-state index contributed by atoms with van der Waals surface area (Å²) in [4.78, 5) is 0. The maximum atomic E-state index is 9.20. The van der Waals surface area contributed by atoms with E-state index in [9.17, 15) is 5.11 Å². The van der Waals surface area contributed by atoms with Crippen LogP contribution in [-0.4, -0.2) is 5.11 Å². The summed E-state index contributed by atoms with van der Waals surface area (Å²) in [6.45, 7) is 6.51. The Morgan fingerprint density at radius 2 is 1.47 bits per heavy atom. The van der Waals surface area contributed by atoms with Crippen LogP contribution in [-0.2, 0) is 5.41 Å². The van der Waals surface area contributed by atoms with Crippen LogP contribution in [0.5, 0.6) is 5.75 Å². The zero-order valence-corrected chi connectivity index (χ0v) is 11.5. The monoisotopic (exact) mass is 254 g/mol. The highest BCUT2D eigenvalue weighted by Crippen LogP contribution is 2.27. The lowest BCUT2D eigenvalue weighted by atomic mass is 9.87. The van der Waals surface area contributed by atoms with Gasteiger partial charge in [0.05, 0.1) is 11.4 Å². The molecule has 0 saturated heterocycles. The Morgan fingerprint density at radius 1 is 0.842 bits per heavy atom. The fourth-order valence-electron chi connectivity index (χ4n) is 1.67. The molecular weight excluding hydrogens is 236 g/mol. The predicted octanol–water partition coefficient (Wildman–Crippen LogP) is 5.11. The SMILES string of the molecule is CC(C)(C)c1cccc(N=Nc2ccc(O)cc2)c1. The van der Waals surface area contributed by atoms with E-state index in [1.165, 1.54) is 5.56 Å². The van der Waals surface area contributed by atoms with Crippen LogP contribution in [0, 0.1) is 0 Å². The van der Waals surface area contributed by atoms with E-state index >= 15 is 0 Å². The van der Waals surface area contributed by atoms with E-state index in [2.05, 4.69) is 37.1 Å². The van der Waals surface area contributed by atoms with E-state index in [-0.39, 0.29) is 11.2 Å². The lowest BCUT2D eigenvalue weighted by Crippen LogP contribution is -2.10. The van der Waals surface area contributed by atoms with Gasteiger partial charge in [0, 0.05) is 0 Å². The quantitative estimate of drug-likeness (QED) is 0.744. The number of benzene rings is 2. The number of phenols is 1. The minimum absolute atomic E-state index is 0.101. The van der Waals surface area contributed by atoms with Crippen LogP contribution < -0.4 is 0 Å². The molecule has 2 aromatic carbocycles. The number of hydrogen-bond donors (Lipinski definition) is 1. The molecule has 0 amide bonds. The molecule has 0 atom stereocenters. The first kappa shape index (κ1) is 13.3. The Hall–Kier alpha value is -2.16. The van der Waals surface area contributed by atoms with Crippen molar-refractivity contribution in [1.29, 1.82) is 0 Å². The van der Waals surface area contributed by atoms with Crippen LogP contribution in [0.3, 0.4) is 0 Å². The number of azo groups is 1. The second kappa shape index (κ2) is 5.22. The van der Waals surface area contributed by atoms with Gasteiger partial charge < -0.3 is 5.11 Å². The number of rotatable bonds is 2. The van der Waals surface area contributed by atoms with Crippen molar-refractivity contribution >= 4 is 11.4 Å². The van der Waals surface area contributed by atoms with Crippen molar-refractivity contribution in [2.24, 2.45) is 10.2 Å². The van der Waals surface area contributed by atoms with Gasteiger partial charge in [0.15, 0.2) is 0 Å². The van der Waals surface area contributed by atoms with Crippen LogP contribution in [0.2, 0.25) is 0 Å². The van der Waals surface area contributed by atoms with Gasteiger partial charge in [-0.3, -0.25) is 0 Å². The number of hydrogen-bond acceptors (Lipinski definition) is 3. The lowest BCUT2D eigenvalue weighted by molar-refractivity contribution is 0.475. The highest BCUT2D eigenvalue weighted by molar-refractivity contribution is 5.44. The van der Waals surface area contributed by atoms with Crippen LogP contribution in [0.25, 0.3) is 0 Å². The highest BCUT2D eigenvalue weighted by atomic mass is 16.3. The van der Waals surface area contributed by atoms with Gasteiger partial charge in [-0.15, -0.1) is 0 Å². The number of nitrogens with zero attached hydrogens (tertiary/aromatic N) is 2. The van der Waals surface area contributed by atoms with Crippen LogP contribution in [0.4, 0.5) is 11.4 Å². The molecule has 0 fully saturated rings. The molecule has 0 unspecified atom stereocenters. The first-order valence-electron chi connectivity index (χ1n) is 6.26. The van der Waals surface area contributed by atoms with Crippen molar-refractivity contribution in [3.8, 4) is 5.75 Å². The van der Waals surface area contributed by atoms with Crippen molar-refractivity contribution < 1.29 is 5.11 Å². The topological polar surface area (TPSA) is 45.0 Å². The molecule has 1 N–H and O–H groups in total. The molecular formula is C16H18N2O. The molecule has 3 heteroatoms. The van der Waals surface area contributed by atoms with Crippen molar-refractivity contribution in [2.75, 3.05) is 0 Å². The molecule has 0 heterocycles. The summed E-state index contributed by atoms with van der Waals surface area (Å²) in [5, 5.41) is 17.6. The Balaban J connectivity index is 2.21. The van der Waals surface area contributed by atoms with Gasteiger partial charge in [0.2, 0.25) is 0 Å². The van der Waals surface area contributed by atoms with Gasteiger partial charge >= 0.3 is 0 Å². The first-order valence-corrected chi connectivity index (χ1v) is 6.26. The molecule has 0 aliphatic carbocycles. The molecule has 0 spiro atoms. The van der Waals surface area contributed by atoms with Crippen molar-refractivity contribution in [3.63, 3.8) is 0 Å². The fraction of sp³-hybridized carbons (Fsp3) is 0.250. The Bertz CT molecular complexity index is 580. The number of phenolic OH excluding ortho intramolecular Hbond substituents is 1. The third-order valence-corrected chi connectivity index (χ3v) is 2.84. The average molecular weight is 254 g/mol. The molecule has 0 aromatic heterocycles. The zero-order valence-electron chi connectivity index (χ0n) is 11.5. The van der Waals surface area contributed by atoms with E-state index in [0.29, 0.717) is 0 Å². The van der Waals surface area contributed by atoms with Gasteiger partial charge in [-0.25, -0.2) is 0 Å². The molecule has 0 saturated carbocycles. The maximum absolute atomic E-state index is 9.20. The zero-order chi connectivity index (χ0) is 13.9. The Kier molecular flexibility index (Phi) is 3.65. The Morgan fingerprint density at radius 3 is 2.11 bits per heavy atom. The highest BCUT2D eigenvalue weighted by Gasteiger charge is 2.13. The van der Waals surface area contributed by atoms with Crippen LogP contribution >= 0.6 is 0 Å². The first-order chi connectivity index (χ1) is 8.95. The van der Waals surface area contributed by atoms with E-state index in [4.69, 9.17) is 0 Å². The van der Waals surface area contributed by atoms with E-state index < -0.39 is 0 Å². The van der Waals surface area contributed by atoms with Gasteiger partial charge in [0.25, 0.3) is 0 Å². The molecule has 2 rings (SSSR count). The lowest BCUT2D eigenvalue weighted by Gasteiger charge is -2.18. The van der Waals surface area contributed by atoms with Crippen LogP contribution in [0.15, 0.2) is 58.8 Å². The molecule has 19 heavy (non-hydrogen) atoms. The Labute approximate surface area is 113 Å². The summed E-state index contributed by atoms with van der Waals surface area (Å²) in [6, 6.07) is 14.7. The van der Waals surface area contributed by atoms with Crippen molar-refractivity contribution in [1.82, 2.24) is 0 Å². The summed E-state index contributed by atoms with van der Waals surface area (Å²) in [5.74, 6) is 0.230. The summed E-state index contributed by atoms with van der Waals surface area (Å²) >= 11 is 0. The van der Waals surface area contributed by atoms with Gasteiger partial charge in [-0.05, 0) is 47.4 Å². The largest absolute Gasteiger partial charge is 0.508 e. The van der Waals surface area contributed by atoms with Crippen molar-refractivity contribution in [3.05, 3.63) is 54.1 Å². The normalized spacial score (nSPS) is 11.9. The molecule has 0 aliphatic heterocycles. The summed E-state index contributed by atoms with van der Waals surface area (Å²) in [7, 11) is 0. The number of aromatic hydroxyl groups is 1. The fourth-order valence-corrected chi connectivity index (χ4v) is 1.67. The smallest absolute Gasteiger partial charge is 0.115 e. The van der Waals surface area contributed by atoms with Gasteiger partial charge in [0.1, 0.15) is 5.75 Å². The summed E-state index contributed by atoms with van der Waals surface area (Å²) < 4.78 is 0. The van der Waals surface area contributed by atoms with Crippen LogP contribution in [0.1, 0.15) is 26.3 Å². The molecule has 3 nitrogen and oxygen atoms in total. The van der Waals surface area contributed by atoms with Gasteiger partial charge in [-0.2, -0.15) is 10.2 Å². The van der Waals surface area contributed by atoms with E-state index in [0.717, 1.165) is 11.4 Å². The molecule has 0 bridgehead atoms. The summed E-state index contributed by atoms with van der Waals surface area (Å²) in [5.41, 5.74) is 2.89. The summed E-state index contributed by atoms with van der Waals surface area (Å²) in [6.07, 6.45) is 0. The third kappa shape index (κ3) is 3.65. The molecule has 0 aliphatic rings. The third-order valence-electron chi connectivity index (χ3n) is 2.84.